The highest BCUT2D eigenvalue weighted by molar-refractivity contribution is 6.68. The molecule has 0 unspecified atom stereocenters. The Kier molecular flexibility index (Phi) is 3.38. The quantitative estimate of drug-likeness (QED) is 0.791. The molecule has 3 nitrogen and oxygen atoms in total. The lowest BCUT2D eigenvalue weighted by Gasteiger charge is -2.07. The molecule has 0 saturated heterocycles. The van der Waals surface area contributed by atoms with Crippen molar-refractivity contribution in [3.63, 3.8) is 0 Å². The van der Waals surface area contributed by atoms with Gasteiger partial charge in [0.2, 0.25) is 0 Å². The van der Waals surface area contributed by atoms with Crippen LogP contribution in [0.1, 0.15) is 10.5 Å². The van der Waals surface area contributed by atoms with E-state index in [0.717, 1.165) is 6.07 Å². The summed E-state index contributed by atoms with van der Waals surface area (Å²) >= 11 is 17.0. The molecule has 0 radical (unpaired) electrons. The van der Waals surface area contributed by atoms with Gasteiger partial charge in [-0.15, -0.1) is 0 Å². The van der Waals surface area contributed by atoms with E-state index < -0.39 is 11.1 Å². The van der Waals surface area contributed by atoms with E-state index in [2.05, 4.69) is 4.98 Å². The third-order valence-electron chi connectivity index (χ3n) is 2.08. The maximum atomic E-state index is 12.9. The minimum atomic E-state index is -0.770. The Hall–Kier alpha value is -1.10. The molecule has 1 aromatic carbocycles. The fourth-order valence-electron chi connectivity index (χ4n) is 1.36. The molecule has 0 aliphatic heterocycles. The summed E-state index contributed by atoms with van der Waals surface area (Å²) in [5.74, 6) is -0.483. The summed E-state index contributed by atoms with van der Waals surface area (Å²) in [5.41, 5.74) is 0.360. The van der Waals surface area contributed by atoms with Gasteiger partial charge in [0.15, 0.2) is 5.15 Å². The second-order valence-electron chi connectivity index (χ2n) is 3.12. The minimum absolute atomic E-state index is 0.0122. The number of halogens is 4. The van der Waals surface area contributed by atoms with Gasteiger partial charge >= 0.3 is 0 Å². The molecule has 2 aromatic rings. The molecule has 88 valence electrons. The van der Waals surface area contributed by atoms with Crippen LogP contribution in [0, 0.1) is 5.82 Å². The summed E-state index contributed by atoms with van der Waals surface area (Å²) in [6.45, 7) is 0. The van der Waals surface area contributed by atoms with Crippen LogP contribution < -0.4 is 0 Å². The summed E-state index contributed by atoms with van der Waals surface area (Å²) in [5, 5.41) is -0.684. The number of hydrogen-bond donors (Lipinski definition) is 0. The number of benzene rings is 1. The van der Waals surface area contributed by atoms with Crippen molar-refractivity contribution in [3.8, 4) is 5.69 Å². The van der Waals surface area contributed by atoms with Crippen LogP contribution in [-0.2, 0) is 0 Å². The minimum Gasteiger partial charge on any atom is -0.292 e. The zero-order chi connectivity index (χ0) is 12.6. The molecule has 0 saturated carbocycles. The van der Waals surface area contributed by atoms with Gasteiger partial charge in [-0.25, -0.2) is 9.37 Å². The molecule has 17 heavy (non-hydrogen) atoms. The average Bonchev–Trinajstić information content (AvgIpc) is 2.60. The third kappa shape index (κ3) is 2.29. The summed E-state index contributed by atoms with van der Waals surface area (Å²) in [7, 11) is 0. The lowest BCUT2D eigenvalue weighted by Crippen LogP contribution is -2.03. The van der Waals surface area contributed by atoms with Gasteiger partial charge in [-0.05, 0) is 29.8 Å². The van der Waals surface area contributed by atoms with E-state index in [1.54, 1.807) is 0 Å². The first-order valence-electron chi connectivity index (χ1n) is 4.39. The van der Waals surface area contributed by atoms with Crippen molar-refractivity contribution in [2.75, 3.05) is 0 Å². The molecule has 0 amide bonds. The molecular formula is C10H4Cl3FN2O. The van der Waals surface area contributed by atoms with Crippen molar-refractivity contribution >= 4 is 40.0 Å². The topological polar surface area (TPSA) is 34.9 Å². The fraction of sp³-hybridized carbons (Fsp3) is 0. The molecule has 7 heteroatoms. The predicted molar refractivity (Wildman–Crippen MR) is 63.7 cm³/mol. The van der Waals surface area contributed by atoms with Gasteiger partial charge in [-0.2, -0.15) is 0 Å². The number of aromatic nitrogens is 2. The molecule has 0 bridgehead atoms. The monoisotopic (exact) mass is 292 g/mol. The molecule has 0 N–H and O–H groups in total. The SMILES string of the molecule is O=C(Cl)c1c(Cl)ncn1-c1ccc(F)cc1Cl. The van der Waals surface area contributed by atoms with Crippen molar-refractivity contribution in [1.29, 1.82) is 0 Å². The zero-order valence-corrected chi connectivity index (χ0v) is 10.4. The van der Waals surface area contributed by atoms with Crippen molar-refractivity contribution < 1.29 is 9.18 Å². The summed E-state index contributed by atoms with van der Waals surface area (Å²) in [6.07, 6.45) is 1.29. The first-order valence-corrected chi connectivity index (χ1v) is 5.52. The van der Waals surface area contributed by atoms with Gasteiger partial charge in [0.05, 0.1) is 10.7 Å². The van der Waals surface area contributed by atoms with Crippen molar-refractivity contribution in [2.45, 2.75) is 0 Å². The molecule has 0 aliphatic carbocycles. The number of rotatable bonds is 2. The molecule has 0 aliphatic rings. The van der Waals surface area contributed by atoms with Gasteiger partial charge in [-0.3, -0.25) is 9.36 Å². The van der Waals surface area contributed by atoms with Crippen molar-refractivity contribution in [3.05, 3.63) is 46.2 Å². The highest BCUT2D eigenvalue weighted by Gasteiger charge is 2.18. The summed E-state index contributed by atoms with van der Waals surface area (Å²) < 4.78 is 14.2. The Balaban J connectivity index is 2.65. The van der Waals surface area contributed by atoms with Crippen LogP contribution in [0.25, 0.3) is 5.69 Å². The van der Waals surface area contributed by atoms with Gasteiger partial charge in [0, 0.05) is 0 Å². The van der Waals surface area contributed by atoms with Crippen LogP contribution in [0.2, 0.25) is 10.2 Å². The molecule has 0 fully saturated rings. The highest BCUT2D eigenvalue weighted by Crippen LogP contribution is 2.26. The Labute approximate surface area is 111 Å². The smallest absolute Gasteiger partial charge is 0.272 e. The van der Waals surface area contributed by atoms with E-state index in [-0.39, 0.29) is 15.9 Å². The van der Waals surface area contributed by atoms with Gasteiger partial charge in [-0.1, -0.05) is 23.2 Å². The Bertz CT molecular complexity index is 597. The summed E-state index contributed by atoms with van der Waals surface area (Å²) in [6, 6.07) is 3.73. The van der Waals surface area contributed by atoms with Crippen LogP contribution in [0.3, 0.4) is 0 Å². The molecule has 1 heterocycles. The standard InChI is InChI=1S/C10H4Cl3FN2O/c11-6-3-5(14)1-2-7(6)16-4-15-9(12)8(16)10(13)17/h1-4H. The van der Waals surface area contributed by atoms with Crippen LogP contribution in [0.5, 0.6) is 0 Å². The largest absolute Gasteiger partial charge is 0.292 e. The van der Waals surface area contributed by atoms with E-state index >= 15 is 0 Å². The number of nitrogens with zero attached hydrogens (tertiary/aromatic N) is 2. The third-order valence-corrected chi connectivity index (χ3v) is 2.84. The Morgan fingerprint density at radius 1 is 1.35 bits per heavy atom. The number of carbonyl (C=O) groups is 1. The van der Waals surface area contributed by atoms with Crippen LogP contribution in [-0.4, -0.2) is 14.8 Å². The maximum Gasteiger partial charge on any atom is 0.272 e. The number of imidazole rings is 1. The van der Waals surface area contributed by atoms with Crippen LogP contribution in [0.4, 0.5) is 4.39 Å². The van der Waals surface area contributed by atoms with Crippen molar-refractivity contribution in [1.82, 2.24) is 9.55 Å². The second kappa shape index (κ2) is 4.64. The first-order chi connectivity index (χ1) is 8.00. The van der Waals surface area contributed by atoms with E-state index in [4.69, 9.17) is 34.8 Å². The second-order valence-corrected chi connectivity index (χ2v) is 4.23. The maximum absolute atomic E-state index is 12.9. The Morgan fingerprint density at radius 2 is 2.06 bits per heavy atom. The van der Waals surface area contributed by atoms with Gasteiger partial charge < -0.3 is 0 Å². The lowest BCUT2D eigenvalue weighted by molar-refractivity contribution is 0.107. The normalized spacial score (nSPS) is 10.6. The van der Waals surface area contributed by atoms with Gasteiger partial charge in [0.1, 0.15) is 17.8 Å². The van der Waals surface area contributed by atoms with E-state index in [9.17, 15) is 9.18 Å². The summed E-state index contributed by atoms with van der Waals surface area (Å²) in [4.78, 5) is 15.0. The number of hydrogen-bond acceptors (Lipinski definition) is 2. The van der Waals surface area contributed by atoms with Crippen molar-refractivity contribution in [2.24, 2.45) is 0 Å². The average molecular weight is 294 g/mol. The molecule has 0 spiro atoms. The van der Waals surface area contributed by atoms with E-state index in [1.165, 1.54) is 23.0 Å². The molecule has 0 atom stereocenters. The van der Waals surface area contributed by atoms with E-state index in [0.29, 0.717) is 5.69 Å². The number of carbonyl (C=O) groups excluding carboxylic acids is 1. The molecule has 1 aromatic heterocycles. The lowest BCUT2D eigenvalue weighted by atomic mass is 10.3. The predicted octanol–water partition coefficient (Wildman–Crippen LogP) is 3.70. The van der Waals surface area contributed by atoms with Crippen LogP contribution >= 0.6 is 34.8 Å². The van der Waals surface area contributed by atoms with Crippen LogP contribution in [0.15, 0.2) is 24.5 Å². The zero-order valence-electron chi connectivity index (χ0n) is 8.12. The molecular weight excluding hydrogens is 289 g/mol. The fourth-order valence-corrected chi connectivity index (χ4v) is 2.07. The molecule has 2 rings (SSSR count). The van der Waals surface area contributed by atoms with E-state index in [1.807, 2.05) is 0 Å². The first kappa shape index (κ1) is 12.4. The highest BCUT2D eigenvalue weighted by atomic mass is 35.5. The Morgan fingerprint density at radius 3 is 2.65 bits per heavy atom. The van der Waals surface area contributed by atoms with Gasteiger partial charge in [0.25, 0.3) is 5.24 Å².